The van der Waals surface area contributed by atoms with Gasteiger partial charge in [0.15, 0.2) is 70.8 Å². The molecular weight excluding hydrogens is 753 g/mol. The molecule has 0 aromatic heterocycles. The third-order valence-corrected chi connectivity index (χ3v) is 13.7. The standard InChI is InChI=1S/C33H78O10Si7/c1-25-28(39-46(8,9)10)31(42-49(17,18)19)32(43-50(20,21)22)33(36-25)37-26(23-34)29(40-47(11,12)13)30(41-48(14,15)16)27(38-45(5,6)7)24-35-44(2,3)4/h23,25-33H,24H2,1-22H3/t25-,26?,27?,28-,29?,30?,31+,32-,33?/m1/s1. The average molecular weight is 832 g/mol. The minimum Gasteiger partial charge on any atom is -0.415 e. The van der Waals surface area contributed by atoms with E-state index < -0.39 is 101 Å². The first-order valence-corrected chi connectivity index (χ1v) is 42.3. The van der Waals surface area contributed by atoms with E-state index in [-0.39, 0.29) is 12.2 Å². The Kier molecular flexibility index (Phi) is 17.8. The molecule has 17 heteroatoms. The summed E-state index contributed by atoms with van der Waals surface area (Å²) < 4.78 is 61.6. The van der Waals surface area contributed by atoms with Gasteiger partial charge < -0.3 is 45.3 Å². The normalized spacial score (nSPS) is 26.0. The van der Waals surface area contributed by atoms with Crippen molar-refractivity contribution in [2.24, 2.45) is 0 Å². The maximum atomic E-state index is 13.4. The van der Waals surface area contributed by atoms with Gasteiger partial charge in [-0.25, -0.2) is 0 Å². The molecule has 9 atom stereocenters. The van der Waals surface area contributed by atoms with Crippen LogP contribution >= 0.6 is 0 Å². The van der Waals surface area contributed by atoms with Gasteiger partial charge in [0.05, 0.1) is 24.9 Å². The monoisotopic (exact) mass is 830 g/mol. The van der Waals surface area contributed by atoms with Crippen LogP contribution in [-0.4, -0.2) is 126 Å². The van der Waals surface area contributed by atoms with E-state index in [0.717, 1.165) is 6.29 Å². The van der Waals surface area contributed by atoms with Gasteiger partial charge in [0.1, 0.15) is 30.5 Å². The van der Waals surface area contributed by atoms with Gasteiger partial charge in [0, 0.05) is 0 Å². The van der Waals surface area contributed by atoms with E-state index in [1.54, 1.807) is 0 Å². The van der Waals surface area contributed by atoms with Crippen LogP contribution in [0.5, 0.6) is 0 Å². The molecule has 0 aromatic rings. The molecule has 1 aliphatic rings. The SMILES string of the molecule is C[C@H]1OC(OC(C=O)C(O[Si](C)(C)C)C(O[Si](C)(C)C)C(CO[Si](C)(C)C)O[Si](C)(C)C)[C@H](O[Si](C)(C)C)[C@@H](O[Si](C)(C)C)[C@@H]1O[Si](C)(C)C. The van der Waals surface area contributed by atoms with Gasteiger partial charge in [-0.3, -0.25) is 0 Å². The molecule has 0 amide bonds. The van der Waals surface area contributed by atoms with Gasteiger partial charge in [-0.05, 0) is 144 Å². The Hall–Kier alpha value is 0.828. The van der Waals surface area contributed by atoms with Crippen molar-refractivity contribution in [1.82, 2.24) is 0 Å². The average Bonchev–Trinajstić information content (AvgIpc) is 2.82. The summed E-state index contributed by atoms with van der Waals surface area (Å²) in [7, 11) is -14.9. The fourth-order valence-electron chi connectivity index (χ4n) is 5.55. The molecular formula is C33H78O10Si7. The third kappa shape index (κ3) is 19.9. The Morgan fingerprint density at radius 3 is 1.30 bits per heavy atom. The first-order chi connectivity index (χ1) is 22.0. The number of hydrogen-bond donors (Lipinski definition) is 0. The van der Waals surface area contributed by atoms with Gasteiger partial charge >= 0.3 is 0 Å². The molecule has 0 saturated carbocycles. The molecule has 1 aliphatic heterocycles. The quantitative estimate of drug-likeness (QED) is 0.0828. The predicted molar refractivity (Wildman–Crippen MR) is 224 cm³/mol. The van der Waals surface area contributed by atoms with E-state index in [9.17, 15) is 4.79 Å². The lowest BCUT2D eigenvalue weighted by atomic mass is 9.99. The highest BCUT2D eigenvalue weighted by atomic mass is 28.4. The number of aldehydes is 1. The Morgan fingerprint density at radius 1 is 0.520 bits per heavy atom. The summed E-state index contributed by atoms with van der Waals surface area (Å²) in [4.78, 5) is 13.4. The lowest BCUT2D eigenvalue weighted by Crippen LogP contribution is -2.66. The molecule has 0 aromatic carbocycles. The number of carbonyl (C=O) groups is 1. The molecule has 1 fully saturated rings. The number of carbonyl (C=O) groups excluding carboxylic acids is 1. The van der Waals surface area contributed by atoms with Crippen molar-refractivity contribution in [1.29, 1.82) is 0 Å². The summed E-state index contributed by atoms with van der Waals surface area (Å²) in [5, 5.41) is 0. The molecule has 0 bridgehead atoms. The Labute approximate surface area is 314 Å². The first-order valence-electron chi connectivity index (χ1n) is 18.5. The summed E-state index contributed by atoms with van der Waals surface area (Å²) >= 11 is 0. The molecule has 1 rings (SSSR count). The number of rotatable bonds is 21. The summed E-state index contributed by atoms with van der Waals surface area (Å²) in [6.45, 7) is 47.6. The zero-order valence-corrected chi connectivity index (χ0v) is 43.1. The number of ether oxygens (including phenoxy) is 2. The van der Waals surface area contributed by atoms with Crippen molar-refractivity contribution in [2.75, 3.05) is 6.61 Å². The summed E-state index contributed by atoms with van der Waals surface area (Å²) in [5.41, 5.74) is 0. The Bertz CT molecular complexity index is 1040. The van der Waals surface area contributed by atoms with Crippen LogP contribution in [0.3, 0.4) is 0 Å². The summed E-state index contributed by atoms with van der Waals surface area (Å²) in [6.07, 6.45) is -4.78. The Balaban J connectivity index is 3.92. The van der Waals surface area contributed by atoms with Crippen molar-refractivity contribution < 1.29 is 45.3 Å². The molecule has 298 valence electrons. The van der Waals surface area contributed by atoms with E-state index in [4.69, 9.17) is 40.5 Å². The van der Waals surface area contributed by atoms with E-state index >= 15 is 0 Å². The van der Waals surface area contributed by atoms with Crippen LogP contribution in [0.15, 0.2) is 0 Å². The van der Waals surface area contributed by atoms with Crippen molar-refractivity contribution in [3.63, 3.8) is 0 Å². The smallest absolute Gasteiger partial charge is 0.186 e. The summed E-state index contributed by atoms with van der Waals surface area (Å²) in [6, 6.07) is 0. The van der Waals surface area contributed by atoms with Crippen LogP contribution in [0.1, 0.15) is 6.92 Å². The largest absolute Gasteiger partial charge is 0.415 e. The molecule has 1 saturated heterocycles. The first kappa shape index (κ1) is 48.8. The van der Waals surface area contributed by atoms with Gasteiger partial charge in [-0.2, -0.15) is 0 Å². The minimum atomic E-state index is -2.30. The lowest BCUT2D eigenvalue weighted by Gasteiger charge is -2.51. The molecule has 10 nitrogen and oxygen atoms in total. The highest BCUT2D eigenvalue weighted by Crippen LogP contribution is 2.36. The lowest BCUT2D eigenvalue weighted by molar-refractivity contribution is -0.298. The van der Waals surface area contributed by atoms with E-state index in [1.165, 1.54) is 0 Å². The maximum Gasteiger partial charge on any atom is 0.186 e. The van der Waals surface area contributed by atoms with Crippen LogP contribution in [-0.2, 0) is 45.3 Å². The van der Waals surface area contributed by atoms with Crippen molar-refractivity contribution in [2.45, 2.75) is 200 Å². The van der Waals surface area contributed by atoms with Crippen LogP contribution in [0, 0.1) is 0 Å². The van der Waals surface area contributed by atoms with Crippen molar-refractivity contribution >= 4 is 64.5 Å². The molecule has 50 heavy (non-hydrogen) atoms. The second-order valence-electron chi connectivity index (χ2n) is 20.6. The van der Waals surface area contributed by atoms with Gasteiger partial charge in [0.2, 0.25) is 0 Å². The van der Waals surface area contributed by atoms with E-state index in [1.807, 2.05) is 6.92 Å². The van der Waals surface area contributed by atoms with Gasteiger partial charge in [-0.15, -0.1) is 0 Å². The molecule has 0 N–H and O–H groups in total. The van der Waals surface area contributed by atoms with Crippen molar-refractivity contribution in [3.8, 4) is 0 Å². The molecule has 0 spiro atoms. The third-order valence-electron chi connectivity index (χ3n) is 6.80. The minimum absolute atomic E-state index is 0.340. The fraction of sp³-hybridized carbons (Fsp3) is 0.970. The van der Waals surface area contributed by atoms with Crippen LogP contribution in [0.25, 0.3) is 0 Å². The van der Waals surface area contributed by atoms with Crippen LogP contribution in [0.4, 0.5) is 0 Å². The van der Waals surface area contributed by atoms with E-state index in [0.29, 0.717) is 6.61 Å². The fourth-order valence-corrected chi connectivity index (χ4v) is 12.8. The predicted octanol–water partition coefficient (Wildman–Crippen LogP) is 8.49. The highest BCUT2D eigenvalue weighted by molar-refractivity contribution is 6.72. The van der Waals surface area contributed by atoms with Crippen molar-refractivity contribution in [3.05, 3.63) is 0 Å². The molecule has 0 aliphatic carbocycles. The van der Waals surface area contributed by atoms with Crippen LogP contribution < -0.4 is 0 Å². The second-order valence-corrected chi connectivity index (χ2v) is 51.9. The summed E-state index contributed by atoms with van der Waals surface area (Å²) in [5.74, 6) is 0. The topological polar surface area (TPSA) is 100 Å². The van der Waals surface area contributed by atoms with Gasteiger partial charge in [0.25, 0.3) is 0 Å². The zero-order valence-electron chi connectivity index (χ0n) is 36.1. The zero-order chi connectivity index (χ0) is 39.5. The Morgan fingerprint density at radius 2 is 0.920 bits per heavy atom. The molecule has 1 heterocycles. The maximum absolute atomic E-state index is 13.4. The number of hydrogen-bond acceptors (Lipinski definition) is 10. The molecule has 0 radical (unpaired) electrons. The highest BCUT2D eigenvalue weighted by Gasteiger charge is 2.53. The molecule has 5 unspecified atom stereocenters. The van der Waals surface area contributed by atoms with Gasteiger partial charge in [-0.1, -0.05) is 0 Å². The van der Waals surface area contributed by atoms with E-state index in [2.05, 4.69) is 137 Å². The second kappa shape index (κ2) is 18.2. The van der Waals surface area contributed by atoms with Crippen LogP contribution in [0.2, 0.25) is 137 Å².